The second-order valence-corrected chi connectivity index (χ2v) is 11.6. The van der Waals surface area contributed by atoms with E-state index in [1.54, 1.807) is 30.3 Å². The molecule has 1 saturated heterocycles. The molecule has 0 N–H and O–H groups in total. The van der Waals surface area contributed by atoms with Crippen molar-refractivity contribution < 1.29 is 9.59 Å². The summed E-state index contributed by atoms with van der Waals surface area (Å²) in [5.41, 5.74) is 4.13. The van der Waals surface area contributed by atoms with Crippen molar-refractivity contribution in [3.63, 3.8) is 0 Å². The summed E-state index contributed by atoms with van der Waals surface area (Å²) in [4.78, 5) is 33.0. The monoisotopic (exact) mass is 557 g/mol. The van der Waals surface area contributed by atoms with Gasteiger partial charge in [0.15, 0.2) is 5.11 Å². The van der Waals surface area contributed by atoms with Crippen molar-refractivity contribution in [1.82, 2.24) is 0 Å². The zero-order valence-corrected chi connectivity index (χ0v) is 24.2. The van der Waals surface area contributed by atoms with Crippen LogP contribution in [0.15, 0.2) is 78.4 Å². The van der Waals surface area contributed by atoms with Crippen molar-refractivity contribution in [3.05, 3.63) is 94.5 Å². The maximum absolute atomic E-state index is 13.9. The number of para-hydroxylation sites is 2. The van der Waals surface area contributed by atoms with Crippen molar-refractivity contribution in [3.8, 4) is 0 Å². The van der Waals surface area contributed by atoms with Crippen LogP contribution in [0.3, 0.4) is 0 Å². The summed E-state index contributed by atoms with van der Waals surface area (Å²) in [5, 5.41) is 0.612. The van der Waals surface area contributed by atoms with Gasteiger partial charge in [0, 0.05) is 22.8 Å². The van der Waals surface area contributed by atoms with Gasteiger partial charge in [-0.2, -0.15) is 0 Å². The molecule has 200 valence electrons. The van der Waals surface area contributed by atoms with E-state index in [9.17, 15) is 9.59 Å². The van der Waals surface area contributed by atoms with E-state index >= 15 is 0 Å². The third-order valence-corrected chi connectivity index (χ3v) is 8.22. The quantitative estimate of drug-likeness (QED) is 0.184. The molecular formula is C32H32ClN3O2S. The highest BCUT2D eigenvalue weighted by Gasteiger charge is 2.42. The van der Waals surface area contributed by atoms with Gasteiger partial charge in [0.2, 0.25) is 0 Å². The topological polar surface area (TPSA) is 43.9 Å². The largest absolute Gasteiger partial charge is 0.366 e. The number of fused-ring (bicyclic) bond motifs is 1. The highest BCUT2D eigenvalue weighted by atomic mass is 35.5. The van der Waals surface area contributed by atoms with E-state index < -0.39 is 11.8 Å². The van der Waals surface area contributed by atoms with Gasteiger partial charge in [-0.05, 0) is 98.4 Å². The lowest BCUT2D eigenvalue weighted by Gasteiger charge is -2.47. The third kappa shape index (κ3) is 4.88. The summed E-state index contributed by atoms with van der Waals surface area (Å²) < 4.78 is 0. The lowest BCUT2D eigenvalue weighted by atomic mass is 9.79. The number of amides is 2. The van der Waals surface area contributed by atoms with E-state index in [1.165, 1.54) is 15.4 Å². The van der Waals surface area contributed by atoms with Gasteiger partial charge in [0.25, 0.3) is 11.8 Å². The zero-order valence-electron chi connectivity index (χ0n) is 22.6. The van der Waals surface area contributed by atoms with Gasteiger partial charge >= 0.3 is 0 Å². The van der Waals surface area contributed by atoms with E-state index in [0.717, 1.165) is 25.1 Å². The minimum Gasteiger partial charge on any atom is -0.366 e. The molecule has 1 fully saturated rings. The third-order valence-electron chi connectivity index (χ3n) is 7.53. The summed E-state index contributed by atoms with van der Waals surface area (Å²) in [5.74, 6) is -0.651. The van der Waals surface area contributed by atoms with Gasteiger partial charge in [-0.3, -0.25) is 19.4 Å². The first-order valence-corrected chi connectivity index (χ1v) is 14.1. The van der Waals surface area contributed by atoms with Crippen molar-refractivity contribution in [1.29, 1.82) is 0 Å². The number of nitrogens with zero attached hydrogens (tertiary/aromatic N) is 3. The van der Waals surface area contributed by atoms with Crippen molar-refractivity contribution >= 4 is 63.9 Å². The molecule has 2 heterocycles. The molecule has 39 heavy (non-hydrogen) atoms. The molecule has 5 nitrogen and oxygen atoms in total. The van der Waals surface area contributed by atoms with Crippen LogP contribution in [0.25, 0.3) is 6.08 Å². The van der Waals surface area contributed by atoms with E-state index in [-0.39, 0.29) is 16.2 Å². The van der Waals surface area contributed by atoms with Crippen molar-refractivity contribution in [2.75, 3.05) is 21.2 Å². The number of thiocarbonyl (C=S) groups is 1. The molecule has 0 spiro atoms. The maximum Gasteiger partial charge on any atom is 0.270 e. The molecule has 3 aromatic carbocycles. The first-order chi connectivity index (χ1) is 18.6. The second-order valence-electron chi connectivity index (χ2n) is 10.8. The zero-order chi connectivity index (χ0) is 27.9. The lowest BCUT2D eigenvalue weighted by Crippen LogP contribution is -2.56. The average molecular weight is 558 g/mol. The summed E-state index contributed by atoms with van der Waals surface area (Å²) in [7, 11) is 0. The first-order valence-electron chi connectivity index (χ1n) is 13.3. The summed E-state index contributed by atoms with van der Waals surface area (Å²) in [6.07, 6.45) is 3.64. The fourth-order valence-corrected chi connectivity index (χ4v) is 6.36. The van der Waals surface area contributed by atoms with Gasteiger partial charge in [-0.1, -0.05) is 61.8 Å². The summed E-state index contributed by atoms with van der Waals surface area (Å²) in [6, 6.07) is 22.3. The van der Waals surface area contributed by atoms with Crippen molar-refractivity contribution in [2.45, 2.75) is 52.0 Å². The predicted octanol–water partition coefficient (Wildman–Crippen LogP) is 7.59. The highest BCUT2D eigenvalue weighted by Crippen LogP contribution is 2.45. The summed E-state index contributed by atoms with van der Waals surface area (Å²) in [6.45, 7) is 9.86. The van der Waals surface area contributed by atoms with E-state index in [4.69, 9.17) is 23.8 Å². The minimum atomic E-state index is -0.473. The molecule has 0 radical (unpaired) electrons. The van der Waals surface area contributed by atoms with Gasteiger partial charge in [0.05, 0.1) is 11.4 Å². The molecule has 3 aromatic rings. The smallest absolute Gasteiger partial charge is 0.270 e. The van der Waals surface area contributed by atoms with Crippen LogP contribution in [0.1, 0.15) is 57.6 Å². The van der Waals surface area contributed by atoms with Crippen LogP contribution < -0.4 is 14.7 Å². The average Bonchev–Trinajstić information content (AvgIpc) is 2.90. The Kier molecular flexibility index (Phi) is 7.36. The fraction of sp³-hybridized carbons (Fsp3) is 0.281. The van der Waals surface area contributed by atoms with Crippen LogP contribution in [0.2, 0.25) is 5.02 Å². The number of rotatable bonds is 5. The maximum atomic E-state index is 13.9. The second kappa shape index (κ2) is 10.6. The Hall–Kier alpha value is -3.48. The van der Waals surface area contributed by atoms with Gasteiger partial charge in [0.1, 0.15) is 5.57 Å². The van der Waals surface area contributed by atoms with E-state index in [1.807, 2.05) is 48.5 Å². The standard InChI is InChI=1S/C32H32ClN3O2S/c1-5-16-34-28-19-27(33)22(17-25(28)21(2)20-32(34,3)4)18-26-29(37)35(23-12-8-6-9-13-23)31(39)36(30(26)38)24-14-10-7-11-15-24/h6-15,17-19,21H,5,16,20H2,1-4H3. The molecule has 1 atom stereocenters. The van der Waals surface area contributed by atoms with Crippen LogP contribution >= 0.6 is 23.8 Å². The Balaban J connectivity index is 1.65. The molecule has 2 amide bonds. The van der Waals surface area contributed by atoms with Crippen LogP contribution in [0, 0.1) is 0 Å². The molecule has 0 saturated carbocycles. The number of carbonyl (C=O) groups excluding carboxylic acids is 2. The molecule has 0 bridgehead atoms. The van der Waals surface area contributed by atoms with Gasteiger partial charge in [-0.15, -0.1) is 0 Å². The molecule has 1 unspecified atom stereocenters. The van der Waals surface area contributed by atoms with E-state index in [0.29, 0.717) is 27.9 Å². The number of halogens is 1. The molecule has 0 aliphatic carbocycles. The molecule has 2 aliphatic rings. The van der Waals surface area contributed by atoms with Crippen LogP contribution in [-0.4, -0.2) is 29.0 Å². The predicted molar refractivity (Wildman–Crippen MR) is 165 cm³/mol. The molecule has 7 heteroatoms. The number of benzene rings is 3. The molecule has 2 aliphatic heterocycles. The van der Waals surface area contributed by atoms with Crippen LogP contribution in [0.4, 0.5) is 17.1 Å². The Morgan fingerprint density at radius 1 is 0.949 bits per heavy atom. The number of anilines is 3. The van der Waals surface area contributed by atoms with Crippen LogP contribution in [0.5, 0.6) is 0 Å². The SMILES string of the molecule is CCCN1c2cc(Cl)c(C=C3C(=O)N(c4ccccc4)C(=S)N(c4ccccc4)C3=O)cc2C(C)CC1(C)C. The number of hydrogen-bond acceptors (Lipinski definition) is 4. The molecule has 5 rings (SSSR count). The van der Waals surface area contributed by atoms with E-state index in [2.05, 4.69) is 32.6 Å². The Morgan fingerprint density at radius 2 is 1.49 bits per heavy atom. The van der Waals surface area contributed by atoms with Crippen molar-refractivity contribution in [2.24, 2.45) is 0 Å². The Morgan fingerprint density at radius 3 is 2.00 bits per heavy atom. The first kappa shape index (κ1) is 27.1. The molecular weight excluding hydrogens is 526 g/mol. The lowest BCUT2D eigenvalue weighted by molar-refractivity contribution is -0.120. The van der Waals surface area contributed by atoms with Gasteiger partial charge in [-0.25, -0.2) is 0 Å². The minimum absolute atomic E-state index is 0.00308. The normalized spacial score (nSPS) is 18.9. The van der Waals surface area contributed by atoms with Gasteiger partial charge < -0.3 is 4.90 Å². The number of carbonyl (C=O) groups is 2. The highest BCUT2D eigenvalue weighted by molar-refractivity contribution is 7.81. The fourth-order valence-electron chi connectivity index (χ4n) is 5.77. The Labute approximate surface area is 240 Å². The van der Waals surface area contributed by atoms with Crippen LogP contribution in [-0.2, 0) is 9.59 Å². The molecule has 0 aromatic heterocycles. The number of hydrogen-bond donors (Lipinski definition) is 0. The Bertz CT molecular complexity index is 1410. The summed E-state index contributed by atoms with van der Waals surface area (Å²) >= 11 is 12.6.